The Morgan fingerprint density at radius 3 is 2.46 bits per heavy atom. The molecule has 0 saturated carbocycles. The van der Waals surface area contributed by atoms with Crippen molar-refractivity contribution in [3.63, 3.8) is 0 Å². The van der Waals surface area contributed by atoms with Crippen molar-refractivity contribution in [1.82, 2.24) is 0 Å². The molecule has 4 N–H and O–H groups in total. The maximum Gasteiger partial charge on any atom is 0.317 e. The normalized spacial score (nSPS) is 22.5. The maximum absolute atomic E-state index is 13.1. The zero-order chi connectivity index (χ0) is 29.7. The highest BCUT2D eigenvalue weighted by Crippen LogP contribution is 2.29. The molecule has 0 aliphatic carbocycles. The van der Waals surface area contributed by atoms with Gasteiger partial charge in [0.05, 0.1) is 10.9 Å². The monoisotopic (exact) mass is 572 g/mol. The van der Waals surface area contributed by atoms with E-state index in [4.69, 9.17) is 28.5 Å². The number of hydrogen-bond acceptors (Lipinski definition) is 11. The molecule has 0 amide bonds. The van der Waals surface area contributed by atoms with Gasteiger partial charge in [-0.2, -0.15) is 0 Å². The van der Waals surface area contributed by atoms with Gasteiger partial charge in [0.25, 0.3) is 0 Å². The molecule has 0 radical (unpaired) electrons. The number of carbonyl (C=O) groups excluding carboxylic acids is 1. The Morgan fingerprint density at radius 2 is 1.78 bits per heavy atom. The van der Waals surface area contributed by atoms with Gasteiger partial charge < -0.3 is 43.8 Å². The number of phenols is 1. The molecule has 12 nitrogen and oxygen atoms in total. The number of carboxylic acids is 1. The van der Waals surface area contributed by atoms with Gasteiger partial charge in [0, 0.05) is 12.7 Å². The SMILES string of the molecule is CC(C)CCO[C@H]1[C@@H](Oc2ccc3c(=O)c(-c4ccc(O)cc4)coc3c2)O[C@@H](COC(=O)CC(=O)O)[C@H](O)[C@H]1O. The Balaban J connectivity index is 1.56. The van der Waals surface area contributed by atoms with E-state index in [1.165, 1.54) is 36.6 Å². The van der Waals surface area contributed by atoms with Gasteiger partial charge in [0.2, 0.25) is 6.29 Å². The van der Waals surface area contributed by atoms with E-state index in [1.54, 1.807) is 12.1 Å². The summed E-state index contributed by atoms with van der Waals surface area (Å²) in [6.07, 6.45) is -5.57. The number of carboxylic acid groups (broad SMARTS) is 1. The van der Waals surface area contributed by atoms with Gasteiger partial charge >= 0.3 is 11.9 Å². The smallest absolute Gasteiger partial charge is 0.317 e. The predicted molar refractivity (Wildman–Crippen MR) is 143 cm³/mol. The zero-order valence-corrected chi connectivity index (χ0v) is 22.5. The zero-order valence-electron chi connectivity index (χ0n) is 22.5. The van der Waals surface area contributed by atoms with Crippen LogP contribution in [0, 0.1) is 5.92 Å². The average Bonchev–Trinajstić information content (AvgIpc) is 2.92. The lowest BCUT2D eigenvalue weighted by Crippen LogP contribution is -2.61. The summed E-state index contributed by atoms with van der Waals surface area (Å²) in [5.74, 6) is -1.84. The van der Waals surface area contributed by atoms with E-state index in [2.05, 4.69) is 0 Å². The molecule has 5 atom stereocenters. The summed E-state index contributed by atoms with van der Waals surface area (Å²) < 4.78 is 28.2. The molecular formula is C29H32O12. The fraction of sp³-hybridized carbons (Fsp3) is 0.414. The highest BCUT2D eigenvalue weighted by molar-refractivity contribution is 5.90. The largest absolute Gasteiger partial charge is 0.508 e. The van der Waals surface area contributed by atoms with Crippen LogP contribution in [0.1, 0.15) is 26.7 Å². The molecule has 12 heteroatoms. The van der Waals surface area contributed by atoms with E-state index in [-0.39, 0.29) is 34.5 Å². The first-order valence-electron chi connectivity index (χ1n) is 13.1. The Bertz CT molecular complexity index is 1410. The second kappa shape index (κ2) is 13.1. The highest BCUT2D eigenvalue weighted by Gasteiger charge is 2.47. The molecule has 2 heterocycles. The summed E-state index contributed by atoms with van der Waals surface area (Å²) in [7, 11) is 0. The number of phenolic OH excluding ortho intramolecular Hbond substituents is 1. The van der Waals surface area contributed by atoms with E-state index in [1.807, 2.05) is 13.8 Å². The third-order valence-corrected chi connectivity index (χ3v) is 6.53. The van der Waals surface area contributed by atoms with Crippen LogP contribution in [-0.2, 0) is 23.8 Å². The second-order valence-corrected chi connectivity index (χ2v) is 10.1. The standard InChI is InChI=1S/C29H32O12/c1-15(2)9-10-37-28-27(36)26(35)22(14-39-24(33)12-23(31)32)41-29(28)40-18-7-8-19-21(11-18)38-13-20(25(19)34)16-3-5-17(30)6-4-16/h3-8,11,13,15,22,26-30,35-36H,9-10,12,14H2,1-2H3,(H,31,32)/t22-,26-,27+,28+,29-/m0/s1. The lowest BCUT2D eigenvalue weighted by atomic mass is 9.99. The van der Waals surface area contributed by atoms with Crippen LogP contribution in [-0.4, -0.2) is 76.3 Å². The molecule has 3 aromatic rings. The van der Waals surface area contributed by atoms with E-state index >= 15 is 0 Å². The average molecular weight is 573 g/mol. The molecule has 0 spiro atoms. The van der Waals surface area contributed by atoms with Crippen molar-refractivity contribution in [1.29, 1.82) is 0 Å². The topological polar surface area (TPSA) is 182 Å². The van der Waals surface area contributed by atoms with Crippen LogP contribution in [0.5, 0.6) is 11.5 Å². The molecule has 4 rings (SSSR count). The number of benzene rings is 2. The Morgan fingerprint density at radius 1 is 1.05 bits per heavy atom. The minimum Gasteiger partial charge on any atom is -0.508 e. The number of fused-ring (bicyclic) bond motifs is 1. The maximum atomic E-state index is 13.1. The third kappa shape index (κ3) is 7.41. The number of hydrogen-bond donors (Lipinski definition) is 4. The summed E-state index contributed by atoms with van der Waals surface area (Å²) in [4.78, 5) is 35.6. The number of esters is 1. The molecule has 1 saturated heterocycles. The molecule has 1 aliphatic rings. The van der Waals surface area contributed by atoms with Gasteiger partial charge in [-0.05, 0) is 42.2 Å². The number of carbonyl (C=O) groups is 2. The van der Waals surface area contributed by atoms with Crippen molar-refractivity contribution in [3.05, 3.63) is 59.0 Å². The van der Waals surface area contributed by atoms with Crippen molar-refractivity contribution in [2.75, 3.05) is 13.2 Å². The minimum atomic E-state index is -1.52. The molecule has 1 aromatic heterocycles. The van der Waals surface area contributed by atoms with Gasteiger partial charge in [0.15, 0.2) is 5.43 Å². The lowest BCUT2D eigenvalue weighted by Gasteiger charge is -2.42. The van der Waals surface area contributed by atoms with Gasteiger partial charge in [-0.25, -0.2) is 0 Å². The van der Waals surface area contributed by atoms with Gasteiger partial charge in [0.1, 0.15) is 60.8 Å². The van der Waals surface area contributed by atoms with Gasteiger partial charge in [-0.15, -0.1) is 0 Å². The van der Waals surface area contributed by atoms with Crippen molar-refractivity contribution in [2.24, 2.45) is 5.92 Å². The molecule has 220 valence electrons. The molecule has 2 aromatic carbocycles. The number of rotatable bonds is 11. The van der Waals surface area contributed by atoms with Crippen LogP contribution in [0.25, 0.3) is 22.1 Å². The summed E-state index contributed by atoms with van der Waals surface area (Å²) in [6.45, 7) is 3.70. The third-order valence-electron chi connectivity index (χ3n) is 6.53. The second-order valence-electron chi connectivity index (χ2n) is 10.1. The van der Waals surface area contributed by atoms with Crippen LogP contribution in [0.15, 0.2) is 57.9 Å². The first-order chi connectivity index (χ1) is 19.5. The van der Waals surface area contributed by atoms with Gasteiger partial charge in [-0.3, -0.25) is 14.4 Å². The molecule has 0 unspecified atom stereocenters. The highest BCUT2D eigenvalue weighted by atomic mass is 16.7. The molecule has 1 aliphatic heterocycles. The van der Waals surface area contributed by atoms with Crippen molar-refractivity contribution in [2.45, 2.75) is 57.4 Å². The number of aliphatic carboxylic acids is 1. The first-order valence-corrected chi connectivity index (χ1v) is 13.1. The fourth-order valence-corrected chi connectivity index (χ4v) is 4.26. The fourth-order valence-electron chi connectivity index (χ4n) is 4.26. The summed E-state index contributed by atoms with van der Waals surface area (Å²) in [6, 6.07) is 10.6. The Hall–Kier alpha value is -3.97. The first kappa shape index (κ1) is 30.0. The minimum absolute atomic E-state index is 0.0652. The predicted octanol–water partition coefficient (Wildman–Crippen LogP) is 2.44. The van der Waals surface area contributed by atoms with Gasteiger partial charge in [-0.1, -0.05) is 26.0 Å². The van der Waals surface area contributed by atoms with E-state index in [0.717, 1.165) is 0 Å². The molecule has 1 fully saturated rings. The molecular weight excluding hydrogens is 540 g/mol. The lowest BCUT2D eigenvalue weighted by molar-refractivity contribution is -0.288. The van der Waals surface area contributed by atoms with Crippen LogP contribution in [0.2, 0.25) is 0 Å². The van der Waals surface area contributed by atoms with Crippen LogP contribution in [0.4, 0.5) is 0 Å². The van der Waals surface area contributed by atoms with E-state index in [0.29, 0.717) is 23.5 Å². The summed E-state index contributed by atoms with van der Waals surface area (Å²) in [5.41, 5.74) is 0.785. The number of aromatic hydroxyl groups is 1. The number of aliphatic hydroxyl groups excluding tert-OH is 2. The Kier molecular flexibility index (Phi) is 9.61. The van der Waals surface area contributed by atoms with Crippen LogP contribution < -0.4 is 10.2 Å². The van der Waals surface area contributed by atoms with Crippen molar-refractivity contribution in [3.8, 4) is 22.6 Å². The van der Waals surface area contributed by atoms with Crippen molar-refractivity contribution >= 4 is 22.9 Å². The van der Waals surface area contributed by atoms with E-state index in [9.17, 15) is 29.7 Å². The summed E-state index contributed by atoms with van der Waals surface area (Å²) in [5, 5.41) is 40.0. The van der Waals surface area contributed by atoms with E-state index < -0.39 is 55.7 Å². The van der Waals surface area contributed by atoms with Crippen molar-refractivity contribution < 1.29 is 53.4 Å². The quantitative estimate of drug-likeness (QED) is 0.195. The Labute approximate surface area is 234 Å². The number of ether oxygens (including phenoxy) is 4. The summed E-state index contributed by atoms with van der Waals surface area (Å²) >= 11 is 0. The molecule has 0 bridgehead atoms. The number of aliphatic hydroxyl groups is 2. The van der Waals surface area contributed by atoms with Crippen LogP contribution in [0.3, 0.4) is 0 Å². The molecule has 41 heavy (non-hydrogen) atoms. The van der Waals surface area contributed by atoms with Crippen LogP contribution >= 0.6 is 0 Å².